The van der Waals surface area contributed by atoms with Crippen molar-refractivity contribution in [2.24, 2.45) is 0 Å². The zero-order valence-electron chi connectivity index (χ0n) is 11.9. The molecule has 0 atom stereocenters. The number of benzene rings is 2. The molecule has 0 radical (unpaired) electrons. The summed E-state index contributed by atoms with van der Waals surface area (Å²) in [5, 5.41) is 1.81. The van der Waals surface area contributed by atoms with Gasteiger partial charge < -0.3 is 5.73 Å². The van der Waals surface area contributed by atoms with Gasteiger partial charge in [-0.05, 0) is 48.6 Å². The van der Waals surface area contributed by atoms with Crippen LogP contribution in [-0.2, 0) is 0 Å². The van der Waals surface area contributed by atoms with Crippen LogP contribution in [0.25, 0.3) is 27.6 Å². The van der Waals surface area contributed by atoms with Crippen molar-refractivity contribution >= 4 is 55.9 Å². The van der Waals surface area contributed by atoms with Crippen LogP contribution >= 0.6 is 28.1 Å². The highest BCUT2D eigenvalue weighted by molar-refractivity contribution is 9.10. The van der Waals surface area contributed by atoms with Gasteiger partial charge in [-0.1, -0.05) is 34.1 Å². The van der Waals surface area contributed by atoms with E-state index in [0.29, 0.717) is 16.2 Å². The van der Waals surface area contributed by atoms with E-state index in [9.17, 15) is 0 Å². The van der Waals surface area contributed by atoms with Gasteiger partial charge in [0.2, 0.25) is 4.77 Å². The van der Waals surface area contributed by atoms with E-state index in [4.69, 9.17) is 22.9 Å². The Kier molecular flexibility index (Phi) is 3.36. The van der Waals surface area contributed by atoms with Crippen molar-refractivity contribution in [3.05, 3.63) is 63.8 Å². The molecule has 0 saturated carbocycles. The second kappa shape index (κ2) is 5.40. The fraction of sp³-hybridized carbons (Fsp3) is 0. The minimum Gasteiger partial charge on any atom is -0.383 e. The third-order valence-corrected chi connectivity index (χ3v) is 4.49. The molecule has 4 rings (SSSR count). The highest BCUT2D eigenvalue weighted by Gasteiger charge is 2.11. The maximum Gasteiger partial charge on any atom is 0.207 e. The maximum atomic E-state index is 6.08. The second-order valence-electron chi connectivity index (χ2n) is 5.14. The molecule has 4 nitrogen and oxygen atoms in total. The molecule has 0 bridgehead atoms. The predicted octanol–water partition coefficient (Wildman–Crippen LogP) is 4.65. The van der Waals surface area contributed by atoms with E-state index >= 15 is 0 Å². The van der Waals surface area contributed by atoms with Crippen LogP contribution < -0.4 is 5.73 Å². The first-order valence-electron chi connectivity index (χ1n) is 6.97. The topological polar surface area (TPSA) is 56.7 Å². The van der Waals surface area contributed by atoms with Crippen LogP contribution in [0.2, 0.25) is 0 Å². The molecule has 0 aliphatic carbocycles. The Morgan fingerprint density at radius 3 is 2.52 bits per heavy atom. The van der Waals surface area contributed by atoms with Crippen molar-refractivity contribution in [2.45, 2.75) is 0 Å². The Bertz CT molecular complexity index is 1100. The summed E-state index contributed by atoms with van der Waals surface area (Å²) in [6, 6.07) is 17.8. The SMILES string of the molecule is Nc1nc(=S)n(-c2ccc(Br)cc2)c2nc3ccccc3cc12. The molecule has 0 saturated heterocycles. The number of hydrogen-bond donors (Lipinski definition) is 1. The lowest BCUT2D eigenvalue weighted by Crippen LogP contribution is -2.06. The van der Waals surface area contributed by atoms with E-state index in [1.54, 1.807) is 0 Å². The molecule has 0 aliphatic rings. The van der Waals surface area contributed by atoms with Gasteiger partial charge >= 0.3 is 0 Å². The van der Waals surface area contributed by atoms with Crippen LogP contribution in [-0.4, -0.2) is 14.5 Å². The number of halogens is 1. The van der Waals surface area contributed by atoms with Crippen LogP contribution in [0, 0.1) is 4.77 Å². The molecule has 2 aromatic carbocycles. The lowest BCUT2D eigenvalue weighted by molar-refractivity contribution is 0.993. The molecule has 2 aromatic heterocycles. The van der Waals surface area contributed by atoms with E-state index in [1.165, 1.54) is 0 Å². The summed E-state index contributed by atoms with van der Waals surface area (Å²) in [6.45, 7) is 0. The molecule has 2 N–H and O–H groups in total. The summed E-state index contributed by atoms with van der Waals surface area (Å²) < 4.78 is 3.24. The van der Waals surface area contributed by atoms with Crippen molar-refractivity contribution in [1.82, 2.24) is 14.5 Å². The smallest absolute Gasteiger partial charge is 0.207 e. The van der Waals surface area contributed by atoms with Gasteiger partial charge in [-0.2, -0.15) is 0 Å². The van der Waals surface area contributed by atoms with Crippen LogP contribution in [0.1, 0.15) is 0 Å². The van der Waals surface area contributed by atoms with Crippen LogP contribution in [0.5, 0.6) is 0 Å². The van der Waals surface area contributed by atoms with Crippen molar-refractivity contribution in [3.63, 3.8) is 0 Å². The molecule has 0 amide bonds. The molecule has 0 aliphatic heterocycles. The number of aromatic nitrogens is 3. The van der Waals surface area contributed by atoms with Crippen LogP contribution in [0.15, 0.2) is 59.1 Å². The minimum absolute atomic E-state index is 0.389. The third kappa shape index (κ3) is 2.40. The Morgan fingerprint density at radius 1 is 1.00 bits per heavy atom. The van der Waals surface area contributed by atoms with Gasteiger partial charge in [0.05, 0.1) is 16.6 Å². The van der Waals surface area contributed by atoms with Gasteiger partial charge in [-0.25, -0.2) is 9.97 Å². The molecule has 0 unspecified atom stereocenters. The number of hydrogen-bond acceptors (Lipinski definition) is 4. The Balaban J connectivity index is 2.16. The van der Waals surface area contributed by atoms with E-state index in [0.717, 1.165) is 26.4 Å². The fourth-order valence-electron chi connectivity index (χ4n) is 2.59. The Labute approximate surface area is 145 Å². The summed E-state index contributed by atoms with van der Waals surface area (Å²) in [7, 11) is 0. The molecule has 112 valence electrons. The summed E-state index contributed by atoms with van der Waals surface area (Å²) in [6.07, 6.45) is 0. The number of rotatable bonds is 1. The van der Waals surface area contributed by atoms with Crippen molar-refractivity contribution in [2.75, 3.05) is 5.73 Å². The lowest BCUT2D eigenvalue weighted by atomic mass is 10.2. The van der Waals surface area contributed by atoms with Crippen molar-refractivity contribution < 1.29 is 0 Å². The standard InChI is InChI=1S/C17H11BrN4S/c18-11-5-7-12(8-6-11)22-16-13(15(19)21-17(22)23)9-10-3-1-2-4-14(10)20-16/h1-9H,(H2,19,21,23). The zero-order chi connectivity index (χ0) is 16.0. The molecule has 2 heterocycles. The summed E-state index contributed by atoms with van der Waals surface area (Å²) in [4.78, 5) is 9.07. The summed E-state index contributed by atoms with van der Waals surface area (Å²) in [5.41, 5.74) is 8.59. The number of nitrogens with two attached hydrogens (primary N) is 1. The van der Waals surface area contributed by atoms with E-state index < -0.39 is 0 Å². The highest BCUT2D eigenvalue weighted by atomic mass is 79.9. The normalized spacial score (nSPS) is 11.2. The first-order valence-corrected chi connectivity index (χ1v) is 8.17. The molecular weight excluding hydrogens is 372 g/mol. The minimum atomic E-state index is 0.389. The molecule has 0 fully saturated rings. The number of anilines is 1. The van der Waals surface area contributed by atoms with Crippen LogP contribution in [0.4, 0.5) is 5.82 Å². The van der Waals surface area contributed by atoms with E-state index in [2.05, 4.69) is 20.9 Å². The number of nitrogens with zero attached hydrogens (tertiary/aromatic N) is 3. The second-order valence-corrected chi connectivity index (χ2v) is 6.42. The number of pyridine rings is 1. The van der Waals surface area contributed by atoms with Gasteiger partial charge in [0.1, 0.15) is 5.82 Å². The lowest BCUT2D eigenvalue weighted by Gasteiger charge is -2.12. The number of fused-ring (bicyclic) bond motifs is 2. The molecule has 23 heavy (non-hydrogen) atoms. The zero-order valence-corrected chi connectivity index (χ0v) is 14.3. The fourth-order valence-corrected chi connectivity index (χ4v) is 3.15. The van der Waals surface area contributed by atoms with E-state index in [-0.39, 0.29) is 0 Å². The number of para-hydroxylation sites is 1. The average molecular weight is 383 g/mol. The quantitative estimate of drug-likeness (QED) is 0.384. The first-order chi connectivity index (χ1) is 11.1. The van der Waals surface area contributed by atoms with Crippen molar-refractivity contribution in [3.8, 4) is 5.69 Å². The van der Waals surface area contributed by atoms with Gasteiger partial charge in [0.25, 0.3) is 0 Å². The van der Waals surface area contributed by atoms with Crippen LogP contribution in [0.3, 0.4) is 0 Å². The predicted molar refractivity (Wildman–Crippen MR) is 99.3 cm³/mol. The monoisotopic (exact) mass is 382 g/mol. The van der Waals surface area contributed by atoms with E-state index in [1.807, 2.05) is 59.2 Å². The van der Waals surface area contributed by atoms with Gasteiger partial charge in [-0.15, -0.1) is 0 Å². The Morgan fingerprint density at radius 2 is 1.74 bits per heavy atom. The summed E-state index contributed by atoms with van der Waals surface area (Å²) >= 11 is 8.87. The average Bonchev–Trinajstić information content (AvgIpc) is 2.55. The molecular formula is C17H11BrN4S. The first kappa shape index (κ1) is 14.3. The largest absolute Gasteiger partial charge is 0.383 e. The summed E-state index contributed by atoms with van der Waals surface area (Å²) in [5.74, 6) is 0.400. The molecule has 6 heteroatoms. The molecule has 4 aromatic rings. The third-order valence-electron chi connectivity index (χ3n) is 3.68. The van der Waals surface area contributed by atoms with Gasteiger partial charge in [-0.3, -0.25) is 4.57 Å². The van der Waals surface area contributed by atoms with Crippen molar-refractivity contribution in [1.29, 1.82) is 0 Å². The van der Waals surface area contributed by atoms with Gasteiger partial charge in [0, 0.05) is 9.86 Å². The van der Waals surface area contributed by atoms with Gasteiger partial charge in [0.15, 0.2) is 5.65 Å². The highest BCUT2D eigenvalue weighted by Crippen LogP contribution is 2.26. The molecule has 0 spiro atoms. The number of nitrogen functional groups attached to an aromatic ring is 1. The Hall–Kier alpha value is -2.31. The maximum absolute atomic E-state index is 6.08.